The van der Waals surface area contributed by atoms with Gasteiger partial charge in [-0.05, 0) is 61.4 Å². The highest BCUT2D eigenvalue weighted by atomic mass is 16.3. The zero-order chi connectivity index (χ0) is 19.9. The van der Waals surface area contributed by atoms with Gasteiger partial charge >= 0.3 is 0 Å². The molecule has 5 heteroatoms. The molecule has 2 amide bonds. The lowest BCUT2D eigenvalue weighted by Gasteiger charge is -2.15. The highest BCUT2D eigenvalue weighted by Gasteiger charge is 2.15. The van der Waals surface area contributed by atoms with E-state index in [0.29, 0.717) is 18.5 Å². The van der Waals surface area contributed by atoms with Gasteiger partial charge in [0.15, 0.2) is 0 Å². The van der Waals surface area contributed by atoms with Crippen LogP contribution in [-0.4, -0.2) is 36.6 Å². The summed E-state index contributed by atoms with van der Waals surface area (Å²) in [6.45, 7) is 2.33. The van der Waals surface area contributed by atoms with Crippen molar-refractivity contribution in [1.29, 1.82) is 0 Å². The van der Waals surface area contributed by atoms with Crippen LogP contribution in [0.15, 0.2) is 42.5 Å². The summed E-state index contributed by atoms with van der Waals surface area (Å²) in [5.74, 6) is -0.542. The average Bonchev–Trinajstić information content (AvgIpc) is 3.18. The molecule has 0 aliphatic heterocycles. The van der Waals surface area contributed by atoms with Crippen molar-refractivity contribution < 1.29 is 14.7 Å². The van der Waals surface area contributed by atoms with E-state index < -0.39 is 0 Å². The molecule has 0 fully saturated rings. The van der Waals surface area contributed by atoms with Crippen molar-refractivity contribution in [1.82, 2.24) is 10.6 Å². The first-order valence-electron chi connectivity index (χ1n) is 9.88. The van der Waals surface area contributed by atoms with Gasteiger partial charge in [-0.1, -0.05) is 35.9 Å². The Bertz CT molecular complexity index is 830. The van der Waals surface area contributed by atoms with E-state index in [0.717, 1.165) is 24.8 Å². The van der Waals surface area contributed by atoms with E-state index in [4.69, 9.17) is 0 Å². The van der Waals surface area contributed by atoms with Crippen LogP contribution >= 0.6 is 0 Å². The van der Waals surface area contributed by atoms with E-state index in [1.54, 1.807) is 0 Å². The van der Waals surface area contributed by atoms with Gasteiger partial charge in [0.05, 0.1) is 6.54 Å². The van der Waals surface area contributed by atoms with Crippen LogP contribution < -0.4 is 10.6 Å². The molecule has 2 aromatic carbocycles. The molecule has 0 radical (unpaired) electrons. The lowest BCUT2D eigenvalue weighted by Crippen LogP contribution is -2.39. The first-order valence-corrected chi connectivity index (χ1v) is 9.88. The maximum atomic E-state index is 12.3. The molecule has 1 atom stereocenters. The molecule has 1 unspecified atom stereocenters. The number of aliphatic hydroxyl groups excluding tert-OH is 1. The van der Waals surface area contributed by atoms with Crippen molar-refractivity contribution in [2.75, 3.05) is 19.7 Å². The summed E-state index contributed by atoms with van der Waals surface area (Å²) in [4.78, 5) is 24.4. The van der Waals surface area contributed by atoms with Crippen LogP contribution in [0.25, 0.3) is 0 Å². The van der Waals surface area contributed by atoms with Gasteiger partial charge in [0.2, 0.25) is 5.91 Å². The smallest absolute Gasteiger partial charge is 0.251 e. The third-order valence-corrected chi connectivity index (χ3v) is 5.26. The van der Waals surface area contributed by atoms with E-state index in [-0.39, 0.29) is 30.9 Å². The fourth-order valence-electron chi connectivity index (χ4n) is 3.56. The second kappa shape index (κ2) is 9.51. The highest BCUT2D eigenvalue weighted by Crippen LogP contribution is 2.22. The fraction of sp³-hybridized carbons (Fsp3) is 0.391. The molecule has 1 aliphatic carbocycles. The molecule has 0 bridgehead atoms. The van der Waals surface area contributed by atoms with Crippen LogP contribution in [0, 0.1) is 12.8 Å². The van der Waals surface area contributed by atoms with Crippen LogP contribution in [0.5, 0.6) is 0 Å². The third-order valence-electron chi connectivity index (χ3n) is 5.26. The molecule has 0 saturated heterocycles. The van der Waals surface area contributed by atoms with E-state index in [1.807, 2.05) is 49.4 Å². The van der Waals surface area contributed by atoms with Crippen molar-refractivity contribution in [3.05, 3.63) is 70.3 Å². The maximum absolute atomic E-state index is 12.3. The molecule has 28 heavy (non-hydrogen) atoms. The van der Waals surface area contributed by atoms with Gasteiger partial charge in [0.1, 0.15) is 0 Å². The second-order valence-corrected chi connectivity index (χ2v) is 7.56. The van der Waals surface area contributed by atoms with Gasteiger partial charge in [0.25, 0.3) is 5.91 Å². The Morgan fingerprint density at radius 1 is 1.04 bits per heavy atom. The van der Waals surface area contributed by atoms with E-state index in [1.165, 1.54) is 16.7 Å². The van der Waals surface area contributed by atoms with Gasteiger partial charge < -0.3 is 15.7 Å². The van der Waals surface area contributed by atoms with E-state index in [2.05, 4.69) is 10.6 Å². The molecular weight excluding hydrogens is 352 g/mol. The summed E-state index contributed by atoms with van der Waals surface area (Å²) >= 11 is 0. The highest BCUT2D eigenvalue weighted by molar-refractivity contribution is 5.96. The summed E-state index contributed by atoms with van der Waals surface area (Å²) in [6, 6.07) is 13.9. The van der Waals surface area contributed by atoms with Crippen LogP contribution in [0.3, 0.4) is 0 Å². The minimum absolute atomic E-state index is 0.00432. The van der Waals surface area contributed by atoms with E-state index >= 15 is 0 Å². The molecule has 2 aromatic rings. The number of fused-ring (bicyclic) bond motifs is 1. The molecule has 148 valence electrons. The Morgan fingerprint density at radius 3 is 2.54 bits per heavy atom. The molecule has 0 saturated carbocycles. The van der Waals surface area contributed by atoms with Crippen molar-refractivity contribution >= 4 is 11.8 Å². The maximum Gasteiger partial charge on any atom is 0.251 e. The normalized spacial score (nSPS) is 13.6. The number of nitrogens with one attached hydrogen (secondary N) is 2. The Morgan fingerprint density at radius 2 is 1.79 bits per heavy atom. The van der Waals surface area contributed by atoms with Gasteiger partial charge in [0, 0.05) is 24.6 Å². The minimum Gasteiger partial charge on any atom is -0.396 e. The molecule has 3 N–H and O–H groups in total. The quantitative estimate of drug-likeness (QED) is 0.657. The molecule has 0 aromatic heterocycles. The summed E-state index contributed by atoms with van der Waals surface area (Å²) in [5, 5.41) is 15.1. The number of hydrogen-bond acceptors (Lipinski definition) is 3. The van der Waals surface area contributed by atoms with Crippen LogP contribution in [0.1, 0.15) is 39.0 Å². The molecule has 3 rings (SSSR count). The molecule has 0 spiro atoms. The first kappa shape index (κ1) is 20.1. The minimum atomic E-state index is -0.253. The number of aliphatic hydroxyl groups is 1. The second-order valence-electron chi connectivity index (χ2n) is 7.56. The number of carbonyl (C=O) groups excluding carboxylic acids is 2. The Kier molecular flexibility index (Phi) is 6.82. The monoisotopic (exact) mass is 380 g/mol. The van der Waals surface area contributed by atoms with Crippen molar-refractivity contribution in [3.63, 3.8) is 0 Å². The molecule has 0 heterocycles. The summed E-state index contributed by atoms with van der Waals surface area (Å²) in [7, 11) is 0. The standard InChI is InChI=1S/C23H28N2O3/c1-16-5-7-17(8-6-16)11-18(15-26)13-24-22(27)14-25-23(28)21-10-9-19-3-2-4-20(19)12-21/h5-10,12,18,26H,2-4,11,13-15H2,1H3,(H,24,27)(H,25,28). The number of carbonyl (C=O) groups is 2. The number of rotatable bonds is 8. The topological polar surface area (TPSA) is 78.4 Å². The Balaban J connectivity index is 1.43. The Labute approximate surface area is 166 Å². The lowest BCUT2D eigenvalue weighted by molar-refractivity contribution is -0.120. The fourth-order valence-corrected chi connectivity index (χ4v) is 3.56. The predicted octanol–water partition coefficient (Wildman–Crippen LogP) is 2.18. The van der Waals surface area contributed by atoms with Gasteiger partial charge in [-0.3, -0.25) is 9.59 Å². The van der Waals surface area contributed by atoms with Crippen molar-refractivity contribution in [3.8, 4) is 0 Å². The molecule has 1 aliphatic rings. The van der Waals surface area contributed by atoms with Crippen molar-refractivity contribution in [2.24, 2.45) is 5.92 Å². The summed E-state index contributed by atoms with van der Waals surface area (Å²) in [6.07, 6.45) is 3.92. The van der Waals surface area contributed by atoms with Crippen LogP contribution in [0.2, 0.25) is 0 Å². The predicted molar refractivity (Wildman–Crippen MR) is 109 cm³/mol. The average molecular weight is 380 g/mol. The van der Waals surface area contributed by atoms with Crippen LogP contribution in [-0.2, 0) is 24.1 Å². The number of hydrogen-bond donors (Lipinski definition) is 3. The molecule has 5 nitrogen and oxygen atoms in total. The summed E-state index contributed by atoms with van der Waals surface area (Å²) < 4.78 is 0. The van der Waals surface area contributed by atoms with Crippen molar-refractivity contribution in [2.45, 2.75) is 32.6 Å². The summed E-state index contributed by atoms with van der Waals surface area (Å²) in [5.41, 5.74) is 5.47. The van der Waals surface area contributed by atoms with Gasteiger partial charge in [-0.25, -0.2) is 0 Å². The zero-order valence-corrected chi connectivity index (χ0v) is 16.3. The number of benzene rings is 2. The molecular formula is C23H28N2O3. The first-order chi connectivity index (χ1) is 13.5. The zero-order valence-electron chi connectivity index (χ0n) is 16.3. The third kappa shape index (κ3) is 5.42. The lowest BCUT2D eigenvalue weighted by atomic mass is 9.99. The van der Waals surface area contributed by atoms with E-state index in [9.17, 15) is 14.7 Å². The van der Waals surface area contributed by atoms with Gasteiger partial charge in [-0.15, -0.1) is 0 Å². The number of amides is 2. The largest absolute Gasteiger partial charge is 0.396 e. The Hall–Kier alpha value is -2.66. The SMILES string of the molecule is Cc1ccc(CC(CO)CNC(=O)CNC(=O)c2ccc3c(c2)CCC3)cc1. The van der Waals surface area contributed by atoms with Crippen LogP contribution in [0.4, 0.5) is 0 Å². The number of aryl methyl sites for hydroxylation is 3. The van der Waals surface area contributed by atoms with Gasteiger partial charge in [-0.2, -0.15) is 0 Å².